The summed E-state index contributed by atoms with van der Waals surface area (Å²) in [5.41, 5.74) is 14.7. The zero-order valence-electron chi connectivity index (χ0n) is 10.3. The molecule has 0 unspecified atom stereocenters. The molecule has 2 aromatic rings. The van der Waals surface area contributed by atoms with Crippen LogP contribution in [0, 0.1) is 0 Å². The third kappa shape index (κ3) is 2.85. The molecule has 0 aliphatic heterocycles. The van der Waals surface area contributed by atoms with Crippen molar-refractivity contribution in [1.82, 2.24) is 0 Å². The summed E-state index contributed by atoms with van der Waals surface area (Å²) >= 11 is 0. The summed E-state index contributed by atoms with van der Waals surface area (Å²) in [6, 6.07) is 13.5. The van der Waals surface area contributed by atoms with Gasteiger partial charge in [0.15, 0.2) is 0 Å². The van der Waals surface area contributed by atoms with Crippen molar-refractivity contribution in [3.8, 4) is 5.75 Å². The molecule has 4 nitrogen and oxygen atoms in total. The normalized spacial score (nSPS) is 10.1. The van der Waals surface area contributed by atoms with Gasteiger partial charge in [0.1, 0.15) is 5.75 Å². The highest BCUT2D eigenvalue weighted by molar-refractivity contribution is 5.69. The average Bonchev–Trinajstić information content (AvgIpc) is 2.40. The first-order valence-corrected chi connectivity index (χ1v) is 5.71. The van der Waals surface area contributed by atoms with Gasteiger partial charge in [-0.15, -0.1) is 0 Å². The highest BCUT2D eigenvalue weighted by Gasteiger charge is 1.99. The average molecular weight is 243 g/mol. The van der Waals surface area contributed by atoms with Crippen LogP contribution in [0.3, 0.4) is 0 Å². The molecule has 5 N–H and O–H groups in total. The Balaban J connectivity index is 2.04. The molecule has 18 heavy (non-hydrogen) atoms. The Bertz CT molecular complexity index is 540. The summed E-state index contributed by atoms with van der Waals surface area (Å²) in [7, 11) is 1.66. The van der Waals surface area contributed by atoms with Crippen molar-refractivity contribution in [2.75, 3.05) is 23.9 Å². The van der Waals surface area contributed by atoms with Gasteiger partial charge in [0.25, 0.3) is 0 Å². The lowest BCUT2D eigenvalue weighted by atomic mass is 10.2. The van der Waals surface area contributed by atoms with Crippen molar-refractivity contribution in [2.24, 2.45) is 0 Å². The topological polar surface area (TPSA) is 73.3 Å². The number of rotatable bonds is 4. The van der Waals surface area contributed by atoms with E-state index in [0.717, 1.165) is 17.0 Å². The van der Waals surface area contributed by atoms with Crippen LogP contribution in [0.2, 0.25) is 0 Å². The quantitative estimate of drug-likeness (QED) is 0.721. The third-order valence-electron chi connectivity index (χ3n) is 2.72. The van der Waals surface area contributed by atoms with Crippen molar-refractivity contribution in [3.63, 3.8) is 0 Å². The number of nitrogens with one attached hydrogen (secondary N) is 1. The predicted molar refractivity (Wildman–Crippen MR) is 75.6 cm³/mol. The van der Waals surface area contributed by atoms with Crippen LogP contribution in [0.5, 0.6) is 5.75 Å². The summed E-state index contributed by atoms with van der Waals surface area (Å²) in [5.74, 6) is 0.853. The first-order chi connectivity index (χ1) is 8.69. The van der Waals surface area contributed by atoms with Gasteiger partial charge >= 0.3 is 0 Å². The third-order valence-corrected chi connectivity index (χ3v) is 2.72. The molecule has 0 bridgehead atoms. The lowest BCUT2D eigenvalue weighted by Crippen LogP contribution is -2.01. The fourth-order valence-electron chi connectivity index (χ4n) is 1.67. The monoisotopic (exact) mass is 243 g/mol. The Labute approximate surface area is 107 Å². The van der Waals surface area contributed by atoms with Gasteiger partial charge in [-0.1, -0.05) is 12.1 Å². The van der Waals surface area contributed by atoms with E-state index < -0.39 is 0 Å². The molecule has 94 valence electrons. The largest absolute Gasteiger partial charge is 0.497 e. The Morgan fingerprint density at radius 1 is 1.06 bits per heavy atom. The summed E-state index contributed by atoms with van der Waals surface area (Å²) in [4.78, 5) is 0. The summed E-state index contributed by atoms with van der Waals surface area (Å²) in [6.07, 6.45) is 0. The maximum Gasteiger partial charge on any atom is 0.119 e. The second kappa shape index (κ2) is 5.31. The van der Waals surface area contributed by atoms with Crippen LogP contribution in [-0.4, -0.2) is 7.11 Å². The van der Waals surface area contributed by atoms with Gasteiger partial charge in [-0.05, 0) is 35.9 Å². The maximum atomic E-state index is 5.75. The van der Waals surface area contributed by atoms with E-state index in [4.69, 9.17) is 16.2 Å². The van der Waals surface area contributed by atoms with E-state index >= 15 is 0 Å². The van der Waals surface area contributed by atoms with E-state index in [0.29, 0.717) is 17.9 Å². The molecule has 0 amide bonds. The van der Waals surface area contributed by atoms with Gasteiger partial charge in [-0.3, -0.25) is 0 Å². The number of hydrogen-bond acceptors (Lipinski definition) is 4. The molecule has 0 saturated carbocycles. The summed E-state index contributed by atoms with van der Waals surface area (Å²) < 4.78 is 5.18. The van der Waals surface area contributed by atoms with E-state index in [9.17, 15) is 0 Å². The van der Waals surface area contributed by atoms with Gasteiger partial charge < -0.3 is 21.5 Å². The van der Waals surface area contributed by atoms with Gasteiger partial charge in [0.05, 0.1) is 18.5 Å². The number of nitrogens with two attached hydrogens (primary N) is 2. The van der Waals surface area contributed by atoms with E-state index in [2.05, 4.69) is 5.32 Å². The number of nitrogen functional groups attached to an aromatic ring is 2. The van der Waals surface area contributed by atoms with Gasteiger partial charge in [-0.2, -0.15) is 0 Å². The fourth-order valence-corrected chi connectivity index (χ4v) is 1.67. The fraction of sp³-hybridized carbons (Fsp3) is 0.143. The summed E-state index contributed by atoms with van der Waals surface area (Å²) in [5, 5.41) is 3.29. The van der Waals surface area contributed by atoms with Crippen LogP contribution in [0.15, 0.2) is 42.5 Å². The van der Waals surface area contributed by atoms with Gasteiger partial charge in [0.2, 0.25) is 0 Å². The molecule has 4 heteroatoms. The first-order valence-electron chi connectivity index (χ1n) is 5.71. The van der Waals surface area contributed by atoms with Crippen molar-refractivity contribution >= 4 is 17.1 Å². The Morgan fingerprint density at radius 2 is 1.89 bits per heavy atom. The number of benzene rings is 2. The first kappa shape index (κ1) is 12.1. The minimum absolute atomic E-state index is 0.589. The van der Waals surface area contributed by atoms with Crippen LogP contribution in [0.25, 0.3) is 0 Å². The van der Waals surface area contributed by atoms with Crippen LogP contribution in [-0.2, 0) is 6.54 Å². The van der Waals surface area contributed by atoms with Crippen LogP contribution < -0.4 is 21.5 Å². The smallest absolute Gasteiger partial charge is 0.119 e. The molecule has 0 radical (unpaired) electrons. The van der Waals surface area contributed by atoms with Crippen molar-refractivity contribution < 1.29 is 4.74 Å². The van der Waals surface area contributed by atoms with E-state index in [1.165, 1.54) is 0 Å². The SMILES string of the molecule is COc1cccc(CNc2ccc(N)c(N)c2)c1. The molecule has 0 aliphatic carbocycles. The van der Waals surface area contributed by atoms with Crippen LogP contribution in [0.4, 0.5) is 17.1 Å². The second-order valence-electron chi connectivity index (χ2n) is 4.05. The molecule has 0 aromatic heterocycles. The Hall–Kier alpha value is -2.36. The zero-order chi connectivity index (χ0) is 13.0. The lowest BCUT2D eigenvalue weighted by molar-refractivity contribution is 0.414. The highest BCUT2D eigenvalue weighted by Crippen LogP contribution is 2.20. The van der Waals surface area contributed by atoms with Gasteiger partial charge in [-0.25, -0.2) is 0 Å². The highest BCUT2D eigenvalue weighted by atomic mass is 16.5. The molecule has 2 rings (SSSR count). The second-order valence-corrected chi connectivity index (χ2v) is 4.05. The Morgan fingerprint density at radius 3 is 2.61 bits per heavy atom. The maximum absolute atomic E-state index is 5.75. The Kier molecular flexibility index (Phi) is 3.57. The van der Waals surface area contributed by atoms with Gasteiger partial charge in [0, 0.05) is 12.2 Å². The number of anilines is 3. The molecule has 0 saturated heterocycles. The standard InChI is InChI=1S/C14H17N3O/c1-18-12-4-2-3-10(7-12)9-17-11-5-6-13(15)14(16)8-11/h2-8,17H,9,15-16H2,1H3. The number of methoxy groups -OCH3 is 1. The molecule has 0 heterocycles. The minimum Gasteiger partial charge on any atom is -0.497 e. The predicted octanol–water partition coefficient (Wildman–Crippen LogP) is 2.47. The van der Waals surface area contributed by atoms with Crippen molar-refractivity contribution in [1.29, 1.82) is 0 Å². The van der Waals surface area contributed by atoms with Crippen molar-refractivity contribution in [2.45, 2.75) is 6.54 Å². The van der Waals surface area contributed by atoms with Crippen LogP contribution >= 0.6 is 0 Å². The van der Waals surface area contributed by atoms with E-state index in [1.807, 2.05) is 36.4 Å². The molecule has 2 aromatic carbocycles. The lowest BCUT2D eigenvalue weighted by Gasteiger charge is -2.09. The minimum atomic E-state index is 0.589. The van der Waals surface area contributed by atoms with Crippen LogP contribution in [0.1, 0.15) is 5.56 Å². The number of hydrogen-bond donors (Lipinski definition) is 3. The summed E-state index contributed by atoms with van der Waals surface area (Å²) in [6.45, 7) is 0.709. The number of ether oxygens (including phenoxy) is 1. The zero-order valence-corrected chi connectivity index (χ0v) is 10.3. The molecular weight excluding hydrogens is 226 g/mol. The molecule has 0 aliphatic rings. The molecule has 0 atom stereocenters. The molecule has 0 spiro atoms. The molecule has 0 fully saturated rings. The van der Waals surface area contributed by atoms with E-state index in [1.54, 1.807) is 13.2 Å². The van der Waals surface area contributed by atoms with Crippen molar-refractivity contribution in [3.05, 3.63) is 48.0 Å². The molecular formula is C14H17N3O. The van der Waals surface area contributed by atoms with E-state index in [-0.39, 0.29) is 0 Å².